The Bertz CT molecular complexity index is 196. The highest BCUT2D eigenvalue weighted by atomic mass is 32.1. The van der Waals surface area contributed by atoms with Gasteiger partial charge in [0.05, 0.1) is 6.61 Å². The van der Waals surface area contributed by atoms with E-state index in [0.717, 1.165) is 24.9 Å². The molecular formula is C12H23NOS. The molecule has 0 atom stereocenters. The van der Waals surface area contributed by atoms with E-state index in [2.05, 4.69) is 17.5 Å². The normalized spacial score (nSPS) is 24.2. The zero-order valence-corrected chi connectivity index (χ0v) is 10.6. The number of hydrogen-bond acceptors (Lipinski definition) is 3. The lowest BCUT2D eigenvalue weighted by Crippen LogP contribution is -2.45. The summed E-state index contributed by atoms with van der Waals surface area (Å²) in [6.07, 6.45) is 6.96. The van der Waals surface area contributed by atoms with Gasteiger partial charge in [-0.25, -0.2) is 0 Å². The first kappa shape index (κ1) is 11.7. The van der Waals surface area contributed by atoms with E-state index in [-0.39, 0.29) is 0 Å². The van der Waals surface area contributed by atoms with E-state index in [1.807, 2.05) is 0 Å². The van der Waals surface area contributed by atoms with Crippen molar-refractivity contribution in [3.8, 4) is 0 Å². The first-order chi connectivity index (χ1) is 7.29. The highest BCUT2D eigenvalue weighted by molar-refractivity contribution is 7.80. The zero-order chi connectivity index (χ0) is 10.7. The molecule has 0 aliphatic heterocycles. The third-order valence-electron chi connectivity index (χ3n) is 3.93. The molecule has 0 spiro atoms. The fourth-order valence-electron chi connectivity index (χ4n) is 2.51. The molecule has 3 heteroatoms. The van der Waals surface area contributed by atoms with Gasteiger partial charge in [-0.2, -0.15) is 12.6 Å². The molecule has 0 N–H and O–H groups in total. The Hall–Kier alpha value is 0.270. The van der Waals surface area contributed by atoms with E-state index in [0.29, 0.717) is 5.41 Å². The summed E-state index contributed by atoms with van der Waals surface area (Å²) in [5, 5.41) is 0. The Balaban J connectivity index is 1.82. The predicted octanol–water partition coefficient (Wildman–Crippen LogP) is 2.20. The molecule has 0 aromatic rings. The molecule has 0 unspecified atom stereocenters. The van der Waals surface area contributed by atoms with Gasteiger partial charge < -0.3 is 4.74 Å². The highest BCUT2D eigenvalue weighted by Crippen LogP contribution is 2.44. The molecule has 0 radical (unpaired) electrons. The minimum absolute atomic E-state index is 0.541. The molecule has 2 aliphatic carbocycles. The maximum Gasteiger partial charge on any atom is 0.0589 e. The second-order valence-electron chi connectivity index (χ2n) is 5.21. The van der Waals surface area contributed by atoms with Crippen LogP contribution in [0.4, 0.5) is 0 Å². The lowest BCUT2D eigenvalue weighted by atomic mass is 9.70. The first-order valence-electron chi connectivity index (χ1n) is 6.13. The summed E-state index contributed by atoms with van der Waals surface area (Å²) >= 11 is 4.53. The molecule has 2 rings (SSSR count). The standard InChI is InChI=1S/C12H23NOS/c1-14-8-7-13(11-3-4-11)9-12(10-15)5-2-6-12/h11,15H,2-10H2,1H3. The lowest BCUT2D eigenvalue weighted by molar-refractivity contribution is 0.0654. The number of hydrogen-bond donors (Lipinski definition) is 1. The third-order valence-corrected chi connectivity index (χ3v) is 4.60. The Labute approximate surface area is 98.8 Å². The molecule has 0 aromatic carbocycles. The van der Waals surface area contributed by atoms with E-state index >= 15 is 0 Å². The van der Waals surface area contributed by atoms with E-state index in [1.165, 1.54) is 38.6 Å². The topological polar surface area (TPSA) is 12.5 Å². The smallest absolute Gasteiger partial charge is 0.0589 e. The molecule has 88 valence electrons. The minimum Gasteiger partial charge on any atom is -0.383 e. The summed E-state index contributed by atoms with van der Waals surface area (Å²) in [6.45, 7) is 3.24. The summed E-state index contributed by atoms with van der Waals surface area (Å²) in [5.41, 5.74) is 0.541. The second kappa shape index (κ2) is 5.07. The van der Waals surface area contributed by atoms with Crippen LogP contribution in [0, 0.1) is 5.41 Å². The quantitative estimate of drug-likeness (QED) is 0.672. The summed E-state index contributed by atoms with van der Waals surface area (Å²) in [5.74, 6) is 1.06. The molecule has 2 aliphatic rings. The average Bonchev–Trinajstić information content (AvgIpc) is 3.00. The minimum atomic E-state index is 0.541. The van der Waals surface area contributed by atoms with Crippen LogP contribution in [0.2, 0.25) is 0 Å². The predicted molar refractivity (Wildman–Crippen MR) is 66.6 cm³/mol. The Morgan fingerprint density at radius 2 is 2.13 bits per heavy atom. The van der Waals surface area contributed by atoms with Gasteiger partial charge in [0.15, 0.2) is 0 Å². The van der Waals surface area contributed by atoms with Crippen LogP contribution in [-0.4, -0.2) is 43.5 Å². The van der Waals surface area contributed by atoms with Gasteiger partial charge in [-0.1, -0.05) is 6.42 Å². The monoisotopic (exact) mass is 229 g/mol. The van der Waals surface area contributed by atoms with E-state index in [9.17, 15) is 0 Å². The third kappa shape index (κ3) is 2.89. The van der Waals surface area contributed by atoms with Gasteiger partial charge in [0.2, 0.25) is 0 Å². The van der Waals surface area contributed by atoms with Crippen molar-refractivity contribution in [1.82, 2.24) is 4.90 Å². The van der Waals surface area contributed by atoms with Gasteiger partial charge in [-0.3, -0.25) is 4.90 Å². The molecule has 0 aromatic heterocycles. The van der Waals surface area contributed by atoms with Crippen molar-refractivity contribution in [3.63, 3.8) is 0 Å². The van der Waals surface area contributed by atoms with Crippen molar-refractivity contribution in [2.24, 2.45) is 5.41 Å². The maximum atomic E-state index is 5.19. The van der Waals surface area contributed by atoms with Gasteiger partial charge in [-0.15, -0.1) is 0 Å². The molecule has 2 fully saturated rings. The fourth-order valence-corrected chi connectivity index (χ4v) is 2.93. The van der Waals surface area contributed by atoms with Crippen molar-refractivity contribution in [3.05, 3.63) is 0 Å². The molecule has 2 saturated carbocycles. The van der Waals surface area contributed by atoms with Crippen LogP contribution in [0.1, 0.15) is 32.1 Å². The fraction of sp³-hybridized carbons (Fsp3) is 1.00. The summed E-state index contributed by atoms with van der Waals surface area (Å²) in [7, 11) is 1.79. The summed E-state index contributed by atoms with van der Waals surface area (Å²) < 4.78 is 5.19. The number of rotatable bonds is 7. The summed E-state index contributed by atoms with van der Waals surface area (Å²) in [4.78, 5) is 2.64. The first-order valence-corrected chi connectivity index (χ1v) is 6.77. The number of methoxy groups -OCH3 is 1. The van der Waals surface area contributed by atoms with Crippen LogP contribution < -0.4 is 0 Å². The molecular weight excluding hydrogens is 206 g/mol. The molecule has 2 nitrogen and oxygen atoms in total. The van der Waals surface area contributed by atoms with Gasteiger partial charge in [0.25, 0.3) is 0 Å². The van der Waals surface area contributed by atoms with Crippen LogP contribution in [0.15, 0.2) is 0 Å². The van der Waals surface area contributed by atoms with Crippen LogP contribution in [0.3, 0.4) is 0 Å². The largest absolute Gasteiger partial charge is 0.383 e. The maximum absolute atomic E-state index is 5.19. The van der Waals surface area contributed by atoms with Crippen LogP contribution in [0.5, 0.6) is 0 Å². The molecule has 0 heterocycles. The molecule has 15 heavy (non-hydrogen) atoms. The van der Waals surface area contributed by atoms with Crippen molar-refractivity contribution in [2.45, 2.75) is 38.1 Å². The molecule has 0 saturated heterocycles. The number of thiol groups is 1. The molecule has 0 bridgehead atoms. The Morgan fingerprint density at radius 1 is 1.40 bits per heavy atom. The van der Waals surface area contributed by atoms with E-state index < -0.39 is 0 Å². The van der Waals surface area contributed by atoms with Gasteiger partial charge in [-0.05, 0) is 36.9 Å². The van der Waals surface area contributed by atoms with Gasteiger partial charge in [0.1, 0.15) is 0 Å². The Kier molecular flexibility index (Phi) is 3.97. The van der Waals surface area contributed by atoms with Crippen molar-refractivity contribution < 1.29 is 4.74 Å². The van der Waals surface area contributed by atoms with E-state index in [1.54, 1.807) is 7.11 Å². The van der Waals surface area contributed by atoms with Crippen molar-refractivity contribution >= 4 is 12.6 Å². The van der Waals surface area contributed by atoms with Crippen LogP contribution in [0.25, 0.3) is 0 Å². The highest BCUT2D eigenvalue weighted by Gasteiger charge is 2.40. The van der Waals surface area contributed by atoms with Crippen LogP contribution in [-0.2, 0) is 4.74 Å². The number of nitrogens with zero attached hydrogens (tertiary/aromatic N) is 1. The van der Waals surface area contributed by atoms with E-state index in [4.69, 9.17) is 4.74 Å². The second-order valence-corrected chi connectivity index (χ2v) is 5.52. The molecule has 0 amide bonds. The average molecular weight is 229 g/mol. The summed E-state index contributed by atoms with van der Waals surface area (Å²) in [6, 6.07) is 0.859. The number of ether oxygens (including phenoxy) is 1. The zero-order valence-electron chi connectivity index (χ0n) is 9.74. The van der Waals surface area contributed by atoms with Crippen molar-refractivity contribution in [1.29, 1.82) is 0 Å². The van der Waals surface area contributed by atoms with Crippen LogP contribution >= 0.6 is 12.6 Å². The Morgan fingerprint density at radius 3 is 2.53 bits per heavy atom. The van der Waals surface area contributed by atoms with Gasteiger partial charge >= 0.3 is 0 Å². The van der Waals surface area contributed by atoms with Gasteiger partial charge in [0, 0.05) is 26.2 Å². The SMILES string of the molecule is COCCN(CC1(CS)CCC1)C1CC1. The lowest BCUT2D eigenvalue weighted by Gasteiger charge is -2.44. The van der Waals surface area contributed by atoms with Crippen molar-refractivity contribution in [2.75, 3.05) is 32.6 Å².